The Labute approximate surface area is 126 Å². The normalized spacial score (nSPS) is 9.90. The average Bonchev–Trinajstić information content (AvgIpc) is 2.38. The summed E-state index contributed by atoms with van der Waals surface area (Å²) in [5.74, 6) is 0.679. The van der Waals surface area contributed by atoms with Crippen molar-refractivity contribution in [2.45, 2.75) is 0 Å². The largest absolute Gasteiger partial charge is 0.473 e. The molecule has 0 bridgehead atoms. The number of carbonyl (C=O) groups is 1. The maximum atomic E-state index is 11.6. The first kappa shape index (κ1) is 14.5. The van der Waals surface area contributed by atoms with Crippen LogP contribution >= 0.6 is 23.2 Å². The summed E-state index contributed by atoms with van der Waals surface area (Å²) >= 11 is 11.7. The number of amides is 2. The standard InChI is InChI=1S/C14H12Cl2N2O2/c15-10-6-11(16)8-12(7-10)18-14(19)17-9-20-13-4-2-1-3-5-13/h1-8H,9H2,(H2,17,18,19). The Morgan fingerprint density at radius 1 is 1.05 bits per heavy atom. The second-order valence-electron chi connectivity index (χ2n) is 3.89. The highest BCUT2D eigenvalue weighted by atomic mass is 35.5. The number of benzene rings is 2. The summed E-state index contributed by atoms with van der Waals surface area (Å²) in [7, 11) is 0. The fourth-order valence-corrected chi connectivity index (χ4v) is 2.03. The van der Waals surface area contributed by atoms with Crippen LogP contribution in [0, 0.1) is 0 Å². The van der Waals surface area contributed by atoms with Gasteiger partial charge in [-0.05, 0) is 30.3 Å². The third-order valence-corrected chi connectivity index (χ3v) is 2.77. The summed E-state index contributed by atoms with van der Waals surface area (Å²) in [6, 6.07) is 13.6. The van der Waals surface area contributed by atoms with Crippen LogP contribution in [0.4, 0.5) is 10.5 Å². The van der Waals surface area contributed by atoms with Crippen molar-refractivity contribution in [3.05, 3.63) is 58.6 Å². The number of hydrogen-bond acceptors (Lipinski definition) is 2. The molecule has 2 amide bonds. The van der Waals surface area contributed by atoms with E-state index in [1.807, 2.05) is 18.2 Å². The fourth-order valence-electron chi connectivity index (χ4n) is 1.50. The molecule has 0 radical (unpaired) electrons. The average molecular weight is 311 g/mol. The molecule has 0 aliphatic rings. The van der Waals surface area contributed by atoms with Gasteiger partial charge in [0, 0.05) is 15.7 Å². The first-order valence-corrected chi connectivity index (χ1v) is 6.58. The van der Waals surface area contributed by atoms with Crippen molar-refractivity contribution in [3.63, 3.8) is 0 Å². The summed E-state index contributed by atoms with van der Waals surface area (Å²) in [6.45, 7) is 0.0597. The second-order valence-corrected chi connectivity index (χ2v) is 4.76. The van der Waals surface area contributed by atoms with E-state index >= 15 is 0 Å². The minimum atomic E-state index is -0.403. The highest BCUT2D eigenvalue weighted by molar-refractivity contribution is 6.35. The Kier molecular flexibility index (Phi) is 5.09. The van der Waals surface area contributed by atoms with E-state index in [1.165, 1.54) is 0 Å². The van der Waals surface area contributed by atoms with Gasteiger partial charge in [-0.25, -0.2) is 4.79 Å². The Bertz CT molecular complexity index is 571. The lowest BCUT2D eigenvalue weighted by Gasteiger charge is -2.09. The number of urea groups is 1. The number of halogens is 2. The molecular weight excluding hydrogens is 299 g/mol. The van der Waals surface area contributed by atoms with Crippen molar-refractivity contribution in [2.24, 2.45) is 0 Å². The quantitative estimate of drug-likeness (QED) is 0.833. The van der Waals surface area contributed by atoms with Crippen LogP contribution in [0.2, 0.25) is 10.0 Å². The maximum absolute atomic E-state index is 11.6. The summed E-state index contributed by atoms with van der Waals surface area (Å²) < 4.78 is 5.34. The molecule has 0 saturated carbocycles. The molecule has 0 atom stereocenters. The summed E-state index contributed by atoms with van der Waals surface area (Å²) in [4.78, 5) is 11.6. The molecule has 0 heterocycles. The van der Waals surface area contributed by atoms with Gasteiger partial charge in [0.1, 0.15) is 5.75 Å². The molecule has 0 saturated heterocycles. The van der Waals surface area contributed by atoms with Gasteiger partial charge in [0.25, 0.3) is 0 Å². The predicted molar refractivity (Wildman–Crippen MR) is 80.6 cm³/mol. The Hall–Kier alpha value is -1.91. The molecule has 0 aliphatic carbocycles. The number of nitrogens with one attached hydrogen (secondary N) is 2. The van der Waals surface area contributed by atoms with Crippen LogP contribution in [0.15, 0.2) is 48.5 Å². The lowest BCUT2D eigenvalue weighted by Crippen LogP contribution is -2.31. The van der Waals surface area contributed by atoms with Gasteiger partial charge in [0.15, 0.2) is 6.73 Å². The second kappa shape index (κ2) is 7.03. The highest BCUT2D eigenvalue weighted by Gasteiger charge is 2.03. The van der Waals surface area contributed by atoms with Gasteiger partial charge >= 0.3 is 6.03 Å². The van der Waals surface area contributed by atoms with Gasteiger partial charge in [-0.1, -0.05) is 41.4 Å². The molecule has 2 rings (SSSR count). The van der Waals surface area contributed by atoms with Crippen LogP contribution in [0.3, 0.4) is 0 Å². The lowest BCUT2D eigenvalue weighted by molar-refractivity contribution is 0.234. The van der Waals surface area contributed by atoms with E-state index in [0.29, 0.717) is 21.5 Å². The maximum Gasteiger partial charge on any atom is 0.321 e. The SMILES string of the molecule is O=C(NCOc1ccccc1)Nc1cc(Cl)cc(Cl)c1. The van der Waals surface area contributed by atoms with Crippen LogP contribution in [0.5, 0.6) is 5.75 Å². The van der Waals surface area contributed by atoms with Gasteiger partial charge in [0.05, 0.1) is 0 Å². The van der Waals surface area contributed by atoms with Crippen molar-refractivity contribution >= 4 is 34.9 Å². The molecule has 4 nitrogen and oxygen atoms in total. The zero-order chi connectivity index (χ0) is 14.4. The molecule has 0 aromatic heterocycles. The van der Waals surface area contributed by atoms with E-state index in [2.05, 4.69) is 10.6 Å². The Morgan fingerprint density at radius 3 is 2.35 bits per heavy atom. The van der Waals surface area contributed by atoms with Gasteiger partial charge in [-0.2, -0.15) is 0 Å². The monoisotopic (exact) mass is 310 g/mol. The van der Waals surface area contributed by atoms with Crippen LogP contribution < -0.4 is 15.4 Å². The molecule has 0 spiro atoms. The fraction of sp³-hybridized carbons (Fsp3) is 0.0714. The zero-order valence-corrected chi connectivity index (χ0v) is 11.9. The van der Waals surface area contributed by atoms with Crippen molar-refractivity contribution in [3.8, 4) is 5.75 Å². The Morgan fingerprint density at radius 2 is 1.70 bits per heavy atom. The van der Waals surface area contributed by atoms with E-state index in [4.69, 9.17) is 27.9 Å². The molecule has 2 N–H and O–H groups in total. The molecule has 2 aromatic carbocycles. The van der Waals surface area contributed by atoms with Crippen molar-refractivity contribution in [1.82, 2.24) is 5.32 Å². The predicted octanol–water partition coefficient (Wildman–Crippen LogP) is 4.15. The number of rotatable bonds is 4. The number of carbonyl (C=O) groups excluding carboxylic acids is 1. The van der Waals surface area contributed by atoms with Gasteiger partial charge < -0.3 is 15.4 Å². The van der Waals surface area contributed by atoms with Gasteiger partial charge in [-0.15, -0.1) is 0 Å². The van der Waals surface area contributed by atoms with Crippen LogP contribution in [0.25, 0.3) is 0 Å². The van der Waals surface area contributed by atoms with Crippen LogP contribution in [-0.4, -0.2) is 12.8 Å². The first-order chi connectivity index (χ1) is 9.63. The number of anilines is 1. The molecule has 20 heavy (non-hydrogen) atoms. The van der Waals surface area contributed by atoms with E-state index in [0.717, 1.165) is 0 Å². The van der Waals surface area contributed by atoms with Gasteiger partial charge in [-0.3, -0.25) is 0 Å². The minimum absolute atomic E-state index is 0.0597. The van der Waals surface area contributed by atoms with E-state index < -0.39 is 6.03 Å². The summed E-state index contributed by atoms with van der Waals surface area (Å²) in [5, 5.41) is 6.08. The lowest BCUT2D eigenvalue weighted by atomic mass is 10.3. The third kappa shape index (κ3) is 4.64. The smallest absolute Gasteiger partial charge is 0.321 e. The van der Waals surface area contributed by atoms with Crippen molar-refractivity contribution in [1.29, 1.82) is 0 Å². The first-order valence-electron chi connectivity index (χ1n) is 5.82. The van der Waals surface area contributed by atoms with Gasteiger partial charge in [0.2, 0.25) is 0 Å². The van der Waals surface area contributed by atoms with Crippen LogP contribution in [-0.2, 0) is 0 Å². The van der Waals surface area contributed by atoms with Crippen LogP contribution in [0.1, 0.15) is 0 Å². The summed E-state index contributed by atoms with van der Waals surface area (Å²) in [6.07, 6.45) is 0. The minimum Gasteiger partial charge on any atom is -0.473 e. The topological polar surface area (TPSA) is 50.4 Å². The molecule has 2 aromatic rings. The zero-order valence-electron chi connectivity index (χ0n) is 10.4. The highest BCUT2D eigenvalue weighted by Crippen LogP contribution is 2.22. The number of ether oxygens (including phenoxy) is 1. The van der Waals surface area contributed by atoms with E-state index in [-0.39, 0.29) is 6.73 Å². The number of hydrogen-bond donors (Lipinski definition) is 2. The molecule has 6 heteroatoms. The van der Waals surface area contributed by atoms with E-state index in [9.17, 15) is 4.79 Å². The molecule has 0 fully saturated rings. The van der Waals surface area contributed by atoms with Crippen molar-refractivity contribution < 1.29 is 9.53 Å². The molecular formula is C14H12Cl2N2O2. The third-order valence-electron chi connectivity index (χ3n) is 2.34. The van der Waals surface area contributed by atoms with E-state index in [1.54, 1.807) is 30.3 Å². The number of para-hydroxylation sites is 1. The Balaban J connectivity index is 1.81. The molecule has 0 aliphatic heterocycles. The molecule has 0 unspecified atom stereocenters. The molecule has 104 valence electrons. The summed E-state index contributed by atoms with van der Waals surface area (Å²) in [5.41, 5.74) is 0.514. The van der Waals surface area contributed by atoms with Crippen molar-refractivity contribution in [2.75, 3.05) is 12.0 Å².